The minimum atomic E-state index is -0.645. The molecule has 20 heavy (non-hydrogen) atoms. The van der Waals surface area contributed by atoms with Crippen LogP contribution in [0.2, 0.25) is 0 Å². The van der Waals surface area contributed by atoms with Crippen molar-refractivity contribution in [1.29, 1.82) is 0 Å². The summed E-state index contributed by atoms with van der Waals surface area (Å²) in [4.78, 5) is 11.7. The van der Waals surface area contributed by atoms with Gasteiger partial charge in [0.1, 0.15) is 0 Å². The van der Waals surface area contributed by atoms with Gasteiger partial charge in [-0.2, -0.15) is 0 Å². The number of carbonyl (C=O) groups excluding carboxylic acids is 1. The zero-order valence-corrected chi connectivity index (χ0v) is 12.2. The highest BCUT2D eigenvalue weighted by Gasteiger charge is 2.22. The Hall–Kier alpha value is -1.75. The van der Waals surface area contributed by atoms with Crippen molar-refractivity contribution in [2.45, 2.75) is 38.9 Å². The fourth-order valence-electron chi connectivity index (χ4n) is 1.81. The van der Waals surface area contributed by atoms with Crippen LogP contribution >= 0.6 is 0 Å². The molecule has 0 saturated carbocycles. The normalized spacial score (nSPS) is 11.8. The van der Waals surface area contributed by atoms with E-state index in [0.29, 0.717) is 17.9 Å². The fourth-order valence-corrected chi connectivity index (χ4v) is 1.81. The van der Waals surface area contributed by atoms with Crippen molar-refractivity contribution in [3.63, 3.8) is 0 Å². The molecule has 0 heterocycles. The molecule has 1 aromatic carbocycles. The number of aliphatic hydroxyl groups is 1. The Morgan fingerprint density at radius 2 is 2.05 bits per heavy atom. The molecule has 0 fully saturated rings. The van der Waals surface area contributed by atoms with Crippen LogP contribution in [-0.2, 0) is 16.1 Å². The third-order valence-corrected chi connectivity index (χ3v) is 2.96. The van der Waals surface area contributed by atoms with Crippen LogP contribution in [0.3, 0.4) is 0 Å². The van der Waals surface area contributed by atoms with Gasteiger partial charge in [0.2, 0.25) is 0 Å². The molecule has 0 bridgehead atoms. The Kier molecular flexibility index (Phi) is 6.87. The van der Waals surface area contributed by atoms with Crippen molar-refractivity contribution in [2.75, 3.05) is 14.2 Å². The van der Waals surface area contributed by atoms with Gasteiger partial charge < -0.3 is 19.3 Å². The number of carbonyl (C=O) groups is 1. The second-order valence-electron chi connectivity index (χ2n) is 4.42. The molecule has 1 N–H and O–H groups in total. The molecule has 0 aliphatic rings. The lowest BCUT2D eigenvalue weighted by Gasteiger charge is -2.18. The minimum Gasteiger partial charge on any atom is -0.493 e. The maximum atomic E-state index is 11.7. The van der Waals surface area contributed by atoms with Gasteiger partial charge in [-0.25, -0.2) is 4.79 Å². The van der Waals surface area contributed by atoms with Crippen molar-refractivity contribution < 1.29 is 24.1 Å². The third-order valence-electron chi connectivity index (χ3n) is 2.96. The predicted octanol–water partition coefficient (Wildman–Crippen LogP) is 2.30. The maximum absolute atomic E-state index is 11.7. The van der Waals surface area contributed by atoms with Gasteiger partial charge in [0.05, 0.1) is 20.8 Å². The molecule has 112 valence electrons. The summed E-state index contributed by atoms with van der Waals surface area (Å²) in [5.41, 5.74) is 0.720. The maximum Gasteiger partial charge on any atom is 0.347 e. The average molecular weight is 282 g/mol. The molecule has 1 unspecified atom stereocenters. The summed E-state index contributed by atoms with van der Waals surface area (Å²) in [6.07, 6.45) is 1.79. The zero-order valence-electron chi connectivity index (χ0n) is 12.2. The molecular weight excluding hydrogens is 260 g/mol. The third kappa shape index (κ3) is 4.42. The van der Waals surface area contributed by atoms with E-state index < -0.39 is 12.1 Å². The van der Waals surface area contributed by atoms with Crippen LogP contribution in [0.25, 0.3) is 0 Å². The van der Waals surface area contributed by atoms with E-state index in [9.17, 15) is 4.79 Å². The van der Waals surface area contributed by atoms with Crippen molar-refractivity contribution in [3.8, 4) is 11.5 Å². The first kappa shape index (κ1) is 16.3. The number of methoxy groups -OCH3 is 2. The summed E-state index contributed by atoms with van der Waals surface area (Å²) >= 11 is 0. The highest BCUT2D eigenvalue weighted by Crippen LogP contribution is 2.29. The number of rotatable bonds is 8. The standard InChI is InChI=1S/C15H22O5/c1-4-5-6-13(15(17)19-3)20-12-8-7-11(10-16)9-14(12)18-2/h7-9,13,16H,4-6,10H2,1-3H3. The van der Waals surface area contributed by atoms with E-state index in [1.54, 1.807) is 18.2 Å². The highest BCUT2D eigenvalue weighted by molar-refractivity contribution is 5.75. The van der Waals surface area contributed by atoms with Crippen molar-refractivity contribution in [3.05, 3.63) is 23.8 Å². The van der Waals surface area contributed by atoms with Crippen LogP contribution < -0.4 is 9.47 Å². The van der Waals surface area contributed by atoms with Gasteiger partial charge in [-0.1, -0.05) is 19.4 Å². The first-order valence-corrected chi connectivity index (χ1v) is 6.68. The highest BCUT2D eigenvalue weighted by atomic mass is 16.6. The molecule has 5 heteroatoms. The lowest BCUT2D eigenvalue weighted by atomic mass is 10.1. The Morgan fingerprint density at radius 3 is 2.60 bits per heavy atom. The molecule has 0 saturated heterocycles. The van der Waals surface area contributed by atoms with Crippen LogP contribution in [0, 0.1) is 0 Å². The molecule has 0 aliphatic carbocycles. The predicted molar refractivity (Wildman–Crippen MR) is 74.9 cm³/mol. The fraction of sp³-hybridized carbons (Fsp3) is 0.533. The van der Waals surface area contributed by atoms with Gasteiger partial charge in [0.25, 0.3) is 0 Å². The van der Waals surface area contributed by atoms with Gasteiger partial charge in [-0.05, 0) is 30.5 Å². The number of hydrogen-bond donors (Lipinski definition) is 1. The zero-order chi connectivity index (χ0) is 15.0. The van der Waals surface area contributed by atoms with Gasteiger partial charge >= 0.3 is 5.97 Å². The van der Waals surface area contributed by atoms with E-state index in [4.69, 9.17) is 19.3 Å². The molecular formula is C15H22O5. The van der Waals surface area contributed by atoms with Gasteiger partial charge in [-0.15, -0.1) is 0 Å². The first-order chi connectivity index (χ1) is 9.65. The number of benzene rings is 1. The van der Waals surface area contributed by atoms with Gasteiger partial charge in [0, 0.05) is 0 Å². The molecule has 0 radical (unpaired) electrons. The molecule has 0 spiro atoms. The Labute approximate surface area is 119 Å². The SMILES string of the molecule is CCCCC(Oc1ccc(CO)cc1OC)C(=O)OC. The van der Waals surface area contributed by atoms with Crippen LogP contribution in [0.15, 0.2) is 18.2 Å². The van der Waals surface area contributed by atoms with Crippen LogP contribution in [-0.4, -0.2) is 31.4 Å². The molecule has 1 aromatic rings. The second kappa shape index (κ2) is 8.43. The molecule has 0 aromatic heterocycles. The number of ether oxygens (including phenoxy) is 3. The van der Waals surface area contributed by atoms with Crippen molar-refractivity contribution in [2.24, 2.45) is 0 Å². The van der Waals surface area contributed by atoms with E-state index in [1.807, 2.05) is 6.92 Å². The van der Waals surface area contributed by atoms with E-state index in [1.165, 1.54) is 14.2 Å². The first-order valence-electron chi connectivity index (χ1n) is 6.68. The minimum absolute atomic E-state index is 0.0765. The number of unbranched alkanes of at least 4 members (excludes halogenated alkanes) is 1. The number of esters is 1. The topological polar surface area (TPSA) is 65.0 Å². The Balaban J connectivity index is 2.89. The Bertz CT molecular complexity index is 430. The van der Waals surface area contributed by atoms with Crippen molar-refractivity contribution in [1.82, 2.24) is 0 Å². The summed E-state index contributed by atoms with van der Waals surface area (Å²) in [7, 11) is 2.86. The second-order valence-corrected chi connectivity index (χ2v) is 4.42. The Morgan fingerprint density at radius 1 is 1.30 bits per heavy atom. The van der Waals surface area contributed by atoms with Crippen molar-refractivity contribution >= 4 is 5.97 Å². The summed E-state index contributed by atoms with van der Waals surface area (Å²) < 4.78 is 15.7. The number of hydrogen-bond acceptors (Lipinski definition) is 5. The summed E-state index contributed by atoms with van der Waals surface area (Å²) in [6.45, 7) is 1.97. The van der Waals surface area contributed by atoms with Crippen LogP contribution in [0.4, 0.5) is 0 Å². The van der Waals surface area contributed by atoms with E-state index >= 15 is 0 Å². The molecule has 5 nitrogen and oxygen atoms in total. The average Bonchev–Trinajstić information content (AvgIpc) is 2.50. The van der Waals surface area contributed by atoms with Crippen LogP contribution in [0.1, 0.15) is 31.7 Å². The van der Waals surface area contributed by atoms with E-state index in [0.717, 1.165) is 18.4 Å². The summed E-state index contributed by atoms with van der Waals surface area (Å²) in [5.74, 6) is 0.560. The molecule has 0 aliphatic heterocycles. The summed E-state index contributed by atoms with van der Waals surface area (Å²) in [6, 6.07) is 5.10. The van der Waals surface area contributed by atoms with Crippen LogP contribution in [0.5, 0.6) is 11.5 Å². The largest absolute Gasteiger partial charge is 0.493 e. The molecule has 1 rings (SSSR count). The lowest BCUT2D eigenvalue weighted by molar-refractivity contribution is -0.149. The molecule has 0 amide bonds. The molecule has 1 atom stereocenters. The van der Waals surface area contributed by atoms with E-state index in [-0.39, 0.29) is 6.61 Å². The van der Waals surface area contributed by atoms with Gasteiger partial charge in [-0.3, -0.25) is 0 Å². The van der Waals surface area contributed by atoms with E-state index in [2.05, 4.69) is 0 Å². The number of aliphatic hydroxyl groups excluding tert-OH is 1. The monoisotopic (exact) mass is 282 g/mol. The van der Waals surface area contributed by atoms with Gasteiger partial charge in [0.15, 0.2) is 17.6 Å². The lowest BCUT2D eigenvalue weighted by Crippen LogP contribution is -2.28. The summed E-state index contributed by atoms with van der Waals surface area (Å²) in [5, 5.41) is 9.10. The smallest absolute Gasteiger partial charge is 0.347 e. The quantitative estimate of drug-likeness (QED) is 0.741.